The summed E-state index contributed by atoms with van der Waals surface area (Å²) in [5.74, 6) is -0.934. The van der Waals surface area contributed by atoms with E-state index in [1.54, 1.807) is 36.4 Å². The maximum atomic E-state index is 15.2. The minimum atomic E-state index is -1.48. The predicted octanol–water partition coefficient (Wildman–Crippen LogP) is 4.36. The minimum absolute atomic E-state index is 0.0587. The molecule has 29 heavy (non-hydrogen) atoms. The molecule has 1 fully saturated rings. The van der Waals surface area contributed by atoms with Crippen LogP contribution in [0.4, 0.5) is 4.39 Å². The lowest BCUT2D eigenvalue weighted by molar-refractivity contribution is -0.129. The summed E-state index contributed by atoms with van der Waals surface area (Å²) in [6.07, 6.45) is 12.1. The highest BCUT2D eigenvalue weighted by atomic mass is 19.1. The van der Waals surface area contributed by atoms with E-state index in [0.717, 1.165) is 24.0 Å². The SMILES string of the molecule is CN1C(=N)NC(c2ccccc2)(c2cc(C3=C/C=C\CC/C=C\3)ccc2F)C1=O. The number of carbonyl (C=O) groups is 1. The number of carbonyl (C=O) groups excluding carboxylic acids is 1. The summed E-state index contributed by atoms with van der Waals surface area (Å²) in [7, 11) is 1.52. The third-order valence-electron chi connectivity index (χ3n) is 5.39. The van der Waals surface area contributed by atoms with Crippen molar-refractivity contribution in [3.8, 4) is 0 Å². The van der Waals surface area contributed by atoms with E-state index >= 15 is 4.39 Å². The first-order chi connectivity index (χ1) is 14.0. The fourth-order valence-corrected chi connectivity index (χ4v) is 3.80. The fraction of sp³-hybridized carbons (Fsp3) is 0.167. The molecule has 2 aliphatic rings. The van der Waals surface area contributed by atoms with Crippen LogP contribution in [-0.2, 0) is 10.3 Å². The van der Waals surface area contributed by atoms with E-state index < -0.39 is 11.4 Å². The van der Waals surface area contributed by atoms with Crippen molar-refractivity contribution in [1.82, 2.24) is 10.2 Å². The molecule has 1 unspecified atom stereocenters. The molecule has 1 saturated heterocycles. The van der Waals surface area contributed by atoms with Crippen LogP contribution in [-0.4, -0.2) is 23.8 Å². The Labute approximate surface area is 169 Å². The van der Waals surface area contributed by atoms with E-state index in [1.165, 1.54) is 18.0 Å². The van der Waals surface area contributed by atoms with Crippen molar-refractivity contribution in [2.24, 2.45) is 0 Å². The van der Waals surface area contributed by atoms with Gasteiger partial charge in [-0.3, -0.25) is 15.1 Å². The third kappa shape index (κ3) is 3.18. The molecule has 2 aromatic carbocycles. The van der Waals surface area contributed by atoms with Crippen LogP contribution in [0.25, 0.3) is 5.57 Å². The molecule has 4 nitrogen and oxygen atoms in total. The number of allylic oxidation sites excluding steroid dienone is 6. The van der Waals surface area contributed by atoms with Gasteiger partial charge in [-0.1, -0.05) is 66.8 Å². The van der Waals surface area contributed by atoms with Crippen molar-refractivity contribution in [3.05, 3.63) is 101 Å². The Morgan fingerprint density at radius 2 is 1.86 bits per heavy atom. The number of guanidine groups is 1. The molecule has 0 saturated carbocycles. The lowest BCUT2D eigenvalue weighted by Gasteiger charge is -2.29. The fourth-order valence-electron chi connectivity index (χ4n) is 3.80. The van der Waals surface area contributed by atoms with Crippen LogP contribution >= 0.6 is 0 Å². The minimum Gasteiger partial charge on any atom is -0.334 e. The Kier molecular flexibility index (Phi) is 4.89. The quantitative estimate of drug-likeness (QED) is 0.822. The van der Waals surface area contributed by atoms with Crippen LogP contribution < -0.4 is 5.32 Å². The second-order valence-corrected chi connectivity index (χ2v) is 7.18. The van der Waals surface area contributed by atoms with Crippen molar-refractivity contribution >= 4 is 17.4 Å². The largest absolute Gasteiger partial charge is 0.334 e. The Hall–Kier alpha value is -3.47. The summed E-state index contributed by atoms with van der Waals surface area (Å²) in [4.78, 5) is 14.5. The molecule has 1 heterocycles. The molecule has 5 heteroatoms. The highest BCUT2D eigenvalue weighted by Crippen LogP contribution is 2.38. The van der Waals surface area contributed by atoms with Gasteiger partial charge in [0, 0.05) is 12.6 Å². The van der Waals surface area contributed by atoms with Gasteiger partial charge in [0.1, 0.15) is 5.82 Å². The Morgan fingerprint density at radius 1 is 1.10 bits per heavy atom. The predicted molar refractivity (Wildman–Crippen MR) is 113 cm³/mol. The number of nitrogens with zero attached hydrogens (tertiary/aromatic N) is 1. The molecule has 0 aromatic heterocycles. The zero-order valence-electron chi connectivity index (χ0n) is 16.2. The number of halogens is 1. The first kappa shape index (κ1) is 18.9. The topological polar surface area (TPSA) is 56.2 Å². The van der Waals surface area contributed by atoms with Gasteiger partial charge in [-0.2, -0.15) is 0 Å². The molecule has 4 rings (SSSR count). The Morgan fingerprint density at radius 3 is 2.59 bits per heavy atom. The molecule has 1 aliphatic carbocycles. The average Bonchev–Trinajstić information content (AvgIpc) is 2.94. The number of likely N-dealkylation sites (N-methyl/N-ethyl adjacent to an activating group) is 1. The van der Waals surface area contributed by atoms with Crippen LogP contribution in [0.5, 0.6) is 0 Å². The van der Waals surface area contributed by atoms with Gasteiger partial charge >= 0.3 is 0 Å². The molecular formula is C24H22FN3O. The van der Waals surface area contributed by atoms with Crippen molar-refractivity contribution in [2.75, 3.05) is 7.05 Å². The number of amides is 1. The molecule has 1 atom stereocenters. The van der Waals surface area contributed by atoms with Gasteiger partial charge in [0.2, 0.25) is 0 Å². The van der Waals surface area contributed by atoms with Gasteiger partial charge in [0.05, 0.1) is 0 Å². The van der Waals surface area contributed by atoms with Crippen molar-refractivity contribution < 1.29 is 9.18 Å². The lowest BCUT2D eigenvalue weighted by atomic mass is 9.81. The van der Waals surface area contributed by atoms with E-state index in [-0.39, 0.29) is 17.4 Å². The number of hydrogen-bond donors (Lipinski definition) is 2. The Balaban J connectivity index is 1.93. The van der Waals surface area contributed by atoms with Gasteiger partial charge in [0.15, 0.2) is 11.5 Å². The van der Waals surface area contributed by atoms with Gasteiger partial charge in [-0.25, -0.2) is 4.39 Å². The number of rotatable bonds is 3. The second-order valence-electron chi connectivity index (χ2n) is 7.18. The van der Waals surface area contributed by atoms with Crippen molar-refractivity contribution in [2.45, 2.75) is 18.4 Å². The van der Waals surface area contributed by atoms with Gasteiger partial charge in [-0.15, -0.1) is 0 Å². The van der Waals surface area contributed by atoms with Crippen LogP contribution in [0.2, 0.25) is 0 Å². The van der Waals surface area contributed by atoms with Crippen molar-refractivity contribution in [1.29, 1.82) is 5.41 Å². The molecule has 0 bridgehead atoms. The highest BCUT2D eigenvalue weighted by Gasteiger charge is 2.52. The summed E-state index contributed by atoms with van der Waals surface area (Å²) in [6.45, 7) is 0. The number of benzene rings is 2. The van der Waals surface area contributed by atoms with E-state index in [9.17, 15) is 4.79 Å². The average molecular weight is 387 g/mol. The molecule has 0 spiro atoms. The molecule has 1 amide bonds. The molecule has 2 aromatic rings. The van der Waals surface area contributed by atoms with Crippen molar-refractivity contribution in [3.63, 3.8) is 0 Å². The molecule has 0 radical (unpaired) electrons. The zero-order chi connectivity index (χ0) is 20.4. The van der Waals surface area contributed by atoms with E-state index in [2.05, 4.69) is 17.5 Å². The maximum Gasteiger partial charge on any atom is 0.264 e. The normalized spacial score (nSPS) is 25.6. The maximum absolute atomic E-state index is 15.2. The lowest BCUT2D eigenvalue weighted by Crippen LogP contribution is -2.45. The number of nitrogens with one attached hydrogen (secondary N) is 2. The zero-order valence-corrected chi connectivity index (χ0v) is 16.2. The summed E-state index contributed by atoms with van der Waals surface area (Å²) in [6, 6.07) is 13.8. The van der Waals surface area contributed by atoms with Crippen LogP contribution in [0.1, 0.15) is 29.5 Å². The summed E-state index contributed by atoms with van der Waals surface area (Å²) < 4.78 is 15.2. The second kappa shape index (κ2) is 7.51. The molecular weight excluding hydrogens is 365 g/mol. The first-order valence-electron chi connectivity index (χ1n) is 9.58. The molecule has 1 aliphatic heterocycles. The molecule has 146 valence electrons. The molecule has 2 N–H and O–H groups in total. The smallest absolute Gasteiger partial charge is 0.264 e. The van der Waals surface area contributed by atoms with Gasteiger partial charge < -0.3 is 5.32 Å². The van der Waals surface area contributed by atoms with Crippen LogP contribution in [0, 0.1) is 11.2 Å². The highest BCUT2D eigenvalue weighted by molar-refractivity contribution is 6.10. The monoisotopic (exact) mass is 387 g/mol. The van der Waals surface area contributed by atoms with Crippen LogP contribution in [0.15, 0.2) is 78.9 Å². The summed E-state index contributed by atoms with van der Waals surface area (Å²) in [5.41, 5.74) is 1.09. The van der Waals surface area contributed by atoms with E-state index in [1.807, 2.05) is 24.3 Å². The third-order valence-corrected chi connectivity index (χ3v) is 5.39. The van der Waals surface area contributed by atoms with Crippen LogP contribution in [0.3, 0.4) is 0 Å². The van der Waals surface area contributed by atoms with Gasteiger partial charge in [0.25, 0.3) is 5.91 Å². The first-order valence-corrected chi connectivity index (χ1v) is 9.58. The van der Waals surface area contributed by atoms with E-state index in [4.69, 9.17) is 5.41 Å². The number of hydrogen-bond acceptors (Lipinski definition) is 2. The standard InChI is InChI=1S/C24H22FN3O/c1-28-22(29)24(27-23(28)26,19-12-8-5-9-13-19)20-16-18(14-15-21(20)25)17-10-6-3-2-4-7-11-17/h3,5-16H,2,4H2,1H3,(H2,26,27)/b6-3-,11-7-,17-10+. The summed E-state index contributed by atoms with van der Waals surface area (Å²) >= 11 is 0. The van der Waals surface area contributed by atoms with Gasteiger partial charge in [-0.05, 0) is 41.7 Å². The summed E-state index contributed by atoms with van der Waals surface area (Å²) in [5, 5.41) is 11.1. The van der Waals surface area contributed by atoms with E-state index in [0.29, 0.717) is 5.56 Å². The Bertz CT molecular complexity index is 1060.